The number of hydrogen-bond donors (Lipinski definition) is 0. The molecule has 1 aliphatic rings. The Balaban J connectivity index is 1.96. The molecule has 32 heavy (non-hydrogen) atoms. The van der Waals surface area contributed by atoms with Gasteiger partial charge in [-0.2, -0.15) is 0 Å². The fourth-order valence-electron chi connectivity index (χ4n) is 3.63. The smallest absolute Gasteiger partial charge is 0.338 e. The van der Waals surface area contributed by atoms with E-state index in [1.165, 1.54) is 16.7 Å². The summed E-state index contributed by atoms with van der Waals surface area (Å²) in [5.41, 5.74) is 1.43. The maximum Gasteiger partial charge on any atom is 0.338 e. The Morgan fingerprint density at radius 3 is 2.59 bits per heavy atom. The van der Waals surface area contributed by atoms with Crippen LogP contribution in [0.2, 0.25) is 0 Å². The van der Waals surface area contributed by atoms with Crippen LogP contribution in [0, 0.1) is 5.82 Å². The number of esters is 1. The third-order valence-corrected chi connectivity index (χ3v) is 6.12. The number of rotatable bonds is 5. The quantitative estimate of drug-likeness (QED) is 0.558. The normalized spacial score (nSPS) is 15.9. The lowest BCUT2D eigenvalue weighted by Gasteiger charge is -2.24. The van der Waals surface area contributed by atoms with Gasteiger partial charge in [0.15, 0.2) is 4.80 Å². The number of carbonyl (C=O) groups excluding carboxylic acids is 1. The van der Waals surface area contributed by atoms with Gasteiger partial charge in [-0.3, -0.25) is 9.36 Å². The molecule has 1 atom stereocenters. The molecule has 0 N–H and O–H groups in total. The molecule has 0 saturated heterocycles. The molecule has 0 unspecified atom stereocenters. The fraction of sp³-hybridized carbons (Fsp3) is 0.208. The van der Waals surface area contributed by atoms with Gasteiger partial charge in [-0.1, -0.05) is 41.7 Å². The van der Waals surface area contributed by atoms with Gasteiger partial charge in [0, 0.05) is 5.56 Å². The second-order valence-electron chi connectivity index (χ2n) is 7.10. The molecule has 3 aromatic rings. The molecule has 164 valence electrons. The third kappa shape index (κ3) is 3.89. The number of carbonyl (C=O) groups is 1. The Hall–Kier alpha value is -3.52. The zero-order valence-electron chi connectivity index (χ0n) is 17.8. The SMILES string of the molecule is CCOC(=O)C1=C(C)N=c2s/c(=C/c3ccccc3F)c(=O)n2[C@H]1c1ccc(OC)cc1. The average Bonchev–Trinajstić information content (AvgIpc) is 3.09. The molecule has 0 radical (unpaired) electrons. The van der Waals surface area contributed by atoms with Gasteiger partial charge in [-0.15, -0.1) is 0 Å². The van der Waals surface area contributed by atoms with Gasteiger partial charge in [0.25, 0.3) is 5.56 Å². The van der Waals surface area contributed by atoms with Gasteiger partial charge < -0.3 is 9.47 Å². The topological polar surface area (TPSA) is 69.9 Å². The lowest BCUT2D eigenvalue weighted by Crippen LogP contribution is -2.39. The van der Waals surface area contributed by atoms with Crippen LogP contribution in [-0.4, -0.2) is 24.3 Å². The Morgan fingerprint density at radius 2 is 1.94 bits per heavy atom. The first-order chi connectivity index (χ1) is 15.4. The highest BCUT2D eigenvalue weighted by atomic mass is 32.1. The summed E-state index contributed by atoms with van der Waals surface area (Å²) in [6.45, 7) is 3.64. The van der Waals surface area contributed by atoms with Crippen molar-refractivity contribution < 1.29 is 18.7 Å². The molecule has 0 bridgehead atoms. The van der Waals surface area contributed by atoms with E-state index in [0.29, 0.717) is 37.5 Å². The van der Waals surface area contributed by atoms with Crippen molar-refractivity contribution in [2.75, 3.05) is 13.7 Å². The first-order valence-corrected chi connectivity index (χ1v) is 10.8. The maximum atomic E-state index is 14.2. The molecule has 2 heterocycles. The van der Waals surface area contributed by atoms with Crippen molar-refractivity contribution in [2.24, 2.45) is 4.99 Å². The first kappa shape index (κ1) is 21.7. The highest BCUT2D eigenvalue weighted by Gasteiger charge is 2.33. The molecule has 2 aromatic carbocycles. The van der Waals surface area contributed by atoms with E-state index in [-0.39, 0.29) is 12.2 Å². The maximum absolute atomic E-state index is 14.2. The second kappa shape index (κ2) is 8.92. The molecule has 4 rings (SSSR count). The summed E-state index contributed by atoms with van der Waals surface area (Å²) < 4.78 is 26.5. The zero-order valence-corrected chi connectivity index (χ0v) is 18.6. The van der Waals surface area contributed by atoms with Crippen molar-refractivity contribution >= 4 is 23.4 Å². The summed E-state index contributed by atoms with van der Waals surface area (Å²) >= 11 is 1.15. The van der Waals surface area contributed by atoms with Gasteiger partial charge in [-0.25, -0.2) is 14.2 Å². The number of hydrogen-bond acceptors (Lipinski definition) is 6. The number of fused-ring (bicyclic) bond motifs is 1. The monoisotopic (exact) mass is 452 g/mol. The van der Waals surface area contributed by atoms with E-state index >= 15 is 0 Å². The van der Waals surface area contributed by atoms with Crippen LogP contribution in [-0.2, 0) is 9.53 Å². The van der Waals surface area contributed by atoms with Gasteiger partial charge in [0.05, 0.1) is 35.6 Å². The van der Waals surface area contributed by atoms with Gasteiger partial charge in [0.1, 0.15) is 11.6 Å². The van der Waals surface area contributed by atoms with Crippen molar-refractivity contribution in [1.82, 2.24) is 4.57 Å². The predicted octanol–water partition coefficient (Wildman–Crippen LogP) is 2.95. The van der Waals surface area contributed by atoms with E-state index in [9.17, 15) is 14.0 Å². The molecule has 0 amide bonds. The number of nitrogens with zero attached hydrogens (tertiary/aromatic N) is 2. The molecule has 1 aliphatic heterocycles. The highest BCUT2D eigenvalue weighted by Crippen LogP contribution is 2.31. The molecule has 0 fully saturated rings. The van der Waals surface area contributed by atoms with Crippen LogP contribution in [0.1, 0.15) is 31.0 Å². The van der Waals surface area contributed by atoms with Crippen molar-refractivity contribution in [3.05, 3.63) is 96.4 Å². The summed E-state index contributed by atoms with van der Waals surface area (Å²) in [6, 6.07) is 12.6. The molecule has 0 spiro atoms. The molecule has 6 nitrogen and oxygen atoms in total. The average molecular weight is 453 g/mol. The van der Waals surface area contributed by atoms with Crippen molar-refractivity contribution in [3.8, 4) is 5.75 Å². The van der Waals surface area contributed by atoms with Crippen LogP contribution in [0.5, 0.6) is 5.75 Å². The number of methoxy groups -OCH3 is 1. The number of ether oxygens (including phenoxy) is 2. The van der Waals surface area contributed by atoms with Crippen molar-refractivity contribution in [2.45, 2.75) is 19.9 Å². The summed E-state index contributed by atoms with van der Waals surface area (Å²) in [7, 11) is 1.56. The molecular formula is C24H21FN2O4S. The number of aromatic nitrogens is 1. The predicted molar refractivity (Wildman–Crippen MR) is 120 cm³/mol. The van der Waals surface area contributed by atoms with Crippen LogP contribution in [0.3, 0.4) is 0 Å². The number of thiazole rings is 1. The summed E-state index contributed by atoms with van der Waals surface area (Å²) in [5, 5.41) is 0. The zero-order chi connectivity index (χ0) is 22.8. The molecule has 0 aliphatic carbocycles. The van der Waals surface area contributed by atoms with E-state index < -0.39 is 17.8 Å². The van der Waals surface area contributed by atoms with Crippen molar-refractivity contribution in [3.63, 3.8) is 0 Å². The second-order valence-corrected chi connectivity index (χ2v) is 8.11. The van der Waals surface area contributed by atoms with Crippen LogP contribution < -0.4 is 19.6 Å². The lowest BCUT2D eigenvalue weighted by atomic mass is 9.96. The Morgan fingerprint density at radius 1 is 1.22 bits per heavy atom. The van der Waals surface area contributed by atoms with Crippen molar-refractivity contribution in [1.29, 1.82) is 0 Å². The lowest BCUT2D eigenvalue weighted by molar-refractivity contribution is -0.139. The van der Waals surface area contributed by atoms with E-state index in [4.69, 9.17) is 9.47 Å². The van der Waals surface area contributed by atoms with E-state index in [1.54, 1.807) is 63.4 Å². The van der Waals surface area contributed by atoms with Crippen LogP contribution in [0.4, 0.5) is 4.39 Å². The number of halogens is 1. The minimum Gasteiger partial charge on any atom is -0.497 e. The van der Waals surface area contributed by atoms with Crippen LogP contribution >= 0.6 is 11.3 Å². The Kier molecular flexibility index (Phi) is 6.05. The highest BCUT2D eigenvalue weighted by molar-refractivity contribution is 7.07. The summed E-state index contributed by atoms with van der Waals surface area (Å²) in [5.74, 6) is -0.300. The minimum atomic E-state index is -0.723. The first-order valence-electron chi connectivity index (χ1n) is 10.0. The molecular weight excluding hydrogens is 431 g/mol. The largest absolute Gasteiger partial charge is 0.497 e. The van der Waals surface area contributed by atoms with E-state index in [2.05, 4.69) is 4.99 Å². The standard InChI is InChI=1S/C24H21FN2O4S/c1-4-31-23(29)20-14(2)26-24-27(21(20)15-9-11-17(30-3)12-10-15)22(28)19(32-24)13-16-7-5-6-8-18(16)25/h5-13,21H,4H2,1-3H3/b19-13+/t21-/m0/s1. The molecule has 8 heteroatoms. The summed E-state index contributed by atoms with van der Waals surface area (Å²) in [6.07, 6.45) is 1.51. The van der Waals surface area contributed by atoms with Crippen LogP contribution in [0.25, 0.3) is 6.08 Å². The number of allylic oxidation sites excluding steroid dienone is 1. The van der Waals surface area contributed by atoms with E-state index in [0.717, 1.165) is 11.3 Å². The molecule has 0 saturated carbocycles. The third-order valence-electron chi connectivity index (χ3n) is 5.14. The summed E-state index contributed by atoms with van der Waals surface area (Å²) in [4.78, 5) is 31.2. The Bertz CT molecular complexity index is 1390. The minimum absolute atomic E-state index is 0.197. The van der Waals surface area contributed by atoms with Gasteiger partial charge in [0.2, 0.25) is 0 Å². The Labute approximate surface area is 187 Å². The van der Waals surface area contributed by atoms with E-state index in [1.807, 2.05) is 0 Å². The molecule has 1 aromatic heterocycles. The van der Waals surface area contributed by atoms with Crippen LogP contribution in [0.15, 0.2) is 69.6 Å². The number of benzene rings is 2. The van der Waals surface area contributed by atoms with Gasteiger partial charge >= 0.3 is 5.97 Å². The van der Waals surface area contributed by atoms with Gasteiger partial charge in [-0.05, 0) is 43.7 Å². The fourth-order valence-corrected chi connectivity index (χ4v) is 4.66.